The molecule has 0 bridgehead atoms. The van der Waals surface area contributed by atoms with Crippen LogP contribution in [0, 0.1) is 0 Å². The molecular weight excluding hydrogens is 224 g/mol. The van der Waals surface area contributed by atoms with E-state index in [-0.39, 0.29) is 0 Å². The monoisotopic (exact) mass is 242 g/mol. The Morgan fingerprint density at radius 3 is 2.78 bits per heavy atom. The van der Waals surface area contributed by atoms with Crippen LogP contribution < -0.4 is 11.1 Å². The average Bonchev–Trinajstić information content (AvgIpc) is 2.45. The Hall–Kier alpha value is -1.94. The van der Waals surface area contributed by atoms with Crippen molar-refractivity contribution in [3.8, 4) is 0 Å². The van der Waals surface area contributed by atoms with E-state index in [2.05, 4.69) is 34.3 Å². The third-order valence-corrected chi connectivity index (χ3v) is 2.79. The summed E-state index contributed by atoms with van der Waals surface area (Å²) in [6, 6.07) is 10.2. The molecule has 18 heavy (non-hydrogen) atoms. The first kappa shape index (κ1) is 12.5. The third-order valence-electron chi connectivity index (χ3n) is 2.79. The third kappa shape index (κ3) is 3.28. The number of hydrogen-bond acceptors (Lipinski definition) is 4. The minimum atomic E-state index is 0.571. The van der Waals surface area contributed by atoms with Crippen LogP contribution >= 0.6 is 0 Å². The van der Waals surface area contributed by atoms with Crippen molar-refractivity contribution in [3.63, 3.8) is 0 Å². The predicted molar refractivity (Wildman–Crippen MR) is 73.1 cm³/mol. The number of rotatable bonds is 5. The lowest BCUT2D eigenvalue weighted by atomic mass is 10.1. The van der Waals surface area contributed by atoms with Gasteiger partial charge in [-0.15, -0.1) is 0 Å². The molecule has 94 valence electrons. The Labute approximate surface area is 107 Å². The van der Waals surface area contributed by atoms with Gasteiger partial charge in [-0.2, -0.15) is 0 Å². The van der Waals surface area contributed by atoms with Gasteiger partial charge in [0.15, 0.2) is 0 Å². The van der Waals surface area contributed by atoms with Crippen molar-refractivity contribution >= 4 is 5.82 Å². The molecule has 0 radical (unpaired) electrons. The predicted octanol–water partition coefficient (Wildman–Crippen LogP) is 2.11. The lowest BCUT2D eigenvalue weighted by molar-refractivity contribution is 0.984. The molecule has 0 atom stereocenters. The fraction of sp³-hybridized carbons (Fsp3) is 0.286. The molecule has 0 aliphatic rings. The maximum absolute atomic E-state index is 5.62. The smallest absolute Gasteiger partial charge is 0.129 e. The first-order valence-electron chi connectivity index (χ1n) is 6.14. The first-order valence-corrected chi connectivity index (χ1v) is 6.14. The minimum absolute atomic E-state index is 0.571. The second-order valence-corrected chi connectivity index (χ2v) is 4.13. The Bertz CT molecular complexity index is 463. The van der Waals surface area contributed by atoms with Gasteiger partial charge in [0, 0.05) is 24.8 Å². The van der Waals surface area contributed by atoms with Gasteiger partial charge in [-0.25, -0.2) is 9.97 Å². The summed E-state index contributed by atoms with van der Waals surface area (Å²) >= 11 is 0. The number of nitrogens with one attached hydrogen (secondary N) is 1. The molecule has 0 saturated heterocycles. The normalized spacial score (nSPS) is 10.3. The largest absolute Gasteiger partial charge is 0.366 e. The molecule has 3 N–H and O–H groups in total. The lowest BCUT2D eigenvalue weighted by Gasteiger charge is -2.07. The van der Waals surface area contributed by atoms with Gasteiger partial charge in [0.05, 0.1) is 0 Å². The highest BCUT2D eigenvalue weighted by Crippen LogP contribution is 2.09. The standard InChI is InChI=1S/C14H18N4/c1-2-13-7-14(18-10-17-13)16-9-12-5-3-4-11(6-12)8-15/h3-7,10H,2,8-9,15H2,1H3,(H,16,17,18). The van der Waals surface area contributed by atoms with E-state index in [1.54, 1.807) is 6.33 Å². The fourth-order valence-electron chi connectivity index (χ4n) is 1.75. The molecule has 0 aliphatic carbocycles. The summed E-state index contributed by atoms with van der Waals surface area (Å²) in [5.74, 6) is 0.861. The van der Waals surface area contributed by atoms with Crippen LogP contribution in [0.2, 0.25) is 0 Å². The van der Waals surface area contributed by atoms with Crippen LogP contribution in [0.25, 0.3) is 0 Å². The molecule has 0 amide bonds. The van der Waals surface area contributed by atoms with Crippen LogP contribution in [0.4, 0.5) is 5.82 Å². The van der Waals surface area contributed by atoms with Crippen LogP contribution in [0.1, 0.15) is 23.7 Å². The molecule has 2 rings (SSSR count). The van der Waals surface area contributed by atoms with Crippen LogP contribution in [0.15, 0.2) is 36.7 Å². The molecule has 0 saturated carbocycles. The Kier molecular flexibility index (Phi) is 4.25. The summed E-state index contributed by atoms with van der Waals surface area (Å²) in [7, 11) is 0. The van der Waals surface area contributed by atoms with Crippen LogP contribution in [-0.2, 0) is 19.5 Å². The van der Waals surface area contributed by atoms with Crippen molar-refractivity contribution in [1.82, 2.24) is 9.97 Å². The van der Waals surface area contributed by atoms with E-state index in [4.69, 9.17) is 5.73 Å². The van der Waals surface area contributed by atoms with Crippen molar-refractivity contribution in [1.29, 1.82) is 0 Å². The summed E-state index contributed by atoms with van der Waals surface area (Å²) in [5, 5.41) is 3.30. The van der Waals surface area contributed by atoms with Gasteiger partial charge in [0.2, 0.25) is 0 Å². The molecule has 0 spiro atoms. The Balaban J connectivity index is 2.01. The van der Waals surface area contributed by atoms with E-state index in [9.17, 15) is 0 Å². The van der Waals surface area contributed by atoms with Gasteiger partial charge in [-0.05, 0) is 17.5 Å². The quantitative estimate of drug-likeness (QED) is 0.843. The van der Waals surface area contributed by atoms with Gasteiger partial charge >= 0.3 is 0 Å². The molecule has 0 fully saturated rings. The van der Waals surface area contributed by atoms with Gasteiger partial charge in [0.25, 0.3) is 0 Å². The molecule has 0 unspecified atom stereocenters. The highest BCUT2D eigenvalue weighted by Gasteiger charge is 1.98. The van der Waals surface area contributed by atoms with Crippen molar-refractivity contribution in [2.75, 3.05) is 5.32 Å². The van der Waals surface area contributed by atoms with Crippen LogP contribution in [0.5, 0.6) is 0 Å². The van der Waals surface area contributed by atoms with Crippen LogP contribution in [0.3, 0.4) is 0 Å². The van der Waals surface area contributed by atoms with E-state index in [0.29, 0.717) is 6.54 Å². The number of benzene rings is 1. The van der Waals surface area contributed by atoms with E-state index in [0.717, 1.165) is 30.0 Å². The Morgan fingerprint density at radius 2 is 2.00 bits per heavy atom. The molecule has 1 heterocycles. The molecule has 1 aromatic carbocycles. The Morgan fingerprint density at radius 1 is 1.17 bits per heavy atom. The average molecular weight is 242 g/mol. The number of aromatic nitrogens is 2. The first-order chi connectivity index (χ1) is 8.81. The maximum atomic E-state index is 5.62. The van der Waals surface area contributed by atoms with Gasteiger partial charge in [-0.1, -0.05) is 31.2 Å². The highest BCUT2D eigenvalue weighted by atomic mass is 15.0. The molecule has 1 aromatic heterocycles. The van der Waals surface area contributed by atoms with Crippen LogP contribution in [-0.4, -0.2) is 9.97 Å². The van der Waals surface area contributed by atoms with E-state index >= 15 is 0 Å². The molecule has 2 aromatic rings. The van der Waals surface area contributed by atoms with Gasteiger partial charge in [0.1, 0.15) is 12.1 Å². The number of aryl methyl sites for hydroxylation is 1. The van der Waals surface area contributed by atoms with Crippen molar-refractivity contribution in [2.24, 2.45) is 5.73 Å². The second-order valence-electron chi connectivity index (χ2n) is 4.13. The number of nitrogens with two attached hydrogens (primary N) is 1. The number of nitrogens with zero attached hydrogens (tertiary/aromatic N) is 2. The van der Waals surface area contributed by atoms with E-state index in [1.165, 1.54) is 5.56 Å². The molecule has 4 nitrogen and oxygen atoms in total. The summed E-state index contributed by atoms with van der Waals surface area (Å²) in [6.07, 6.45) is 2.51. The van der Waals surface area contributed by atoms with E-state index in [1.807, 2.05) is 18.2 Å². The molecule has 4 heteroatoms. The van der Waals surface area contributed by atoms with Crippen molar-refractivity contribution < 1.29 is 0 Å². The molecular formula is C14H18N4. The number of hydrogen-bond donors (Lipinski definition) is 2. The SMILES string of the molecule is CCc1cc(NCc2cccc(CN)c2)ncn1. The second kappa shape index (κ2) is 6.12. The number of anilines is 1. The van der Waals surface area contributed by atoms with Gasteiger partial charge in [-0.3, -0.25) is 0 Å². The summed E-state index contributed by atoms with van der Waals surface area (Å²) in [5.41, 5.74) is 9.02. The summed E-state index contributed by atoms with van der Waals surface area (Å²) < 4.78 is 0. The zero-order valence-electron chi connectivity index (χ0n) is 10.6. The summed E-state index contributed by atoms with van der Waals surface area (Å²) in [6.45, 7) is 3.40. The summed E-state index contributed by atoms with van der Waals surface area (Å²) in [4.78, 5) is 8.37. The molecule has 0 aliphatic heterocycles. The maximum Gasteiger partial charge on any atom is 0.129 e. The zero-order chi connectivity index (χ0) is 12.8. The van der Waals surface area contributed by atoms with Crippen molar-refractivity contribution in [2.45, 2.75) is 26.4 Å². The van der Waals surface area contributed by atoms with Gasteiger partial charge < -0.3 is 11.1 Å². The topological polar surface area (TPSA) is 63.8 Å². The zero-order valence-corrected chi connectivity index (χ0v) is 10.6. The van der Waals surface area contributed by atoms with E-state index < -0.39 is 0 Å². The minimum Gasteiger partial charge on any atom is -0.366 e. The lowest BCUT2D eigenvalue weighted by Crippen LogP contribution is -2.04. The van der Waals surface area contributed by atoms with Crippen molar-refractivity contribution in [3.05, 3.63) is 53.5 Å². The highest BCUT2D eigenvalue weighted by molar-refractivity contribution is 5.36. The fourth-order valence-corrected chi connectivity index (χ4v) is 1.75.